The van der Waals surface area contributed by atoms with E-state index in [0.717, 1.165) is 0 Å². The normalized spacial score (nSPS) is 10.6. The van der Waals surface area contributed by atoms with Crippen molar-refractivity contribution in [3.8, 4) is 11.4 Å². The van der Waals surface area contributed by atoms with Crippen LogP contribution in [0.15, 0.2) is 23.0 Å². The van der Waals surface area contributed by atoms with E-state index in [0.29, 0.717) is 0 Å². The van der Waals surface area contributed by atoms with E-state index in [4.69, 9.17) is 5.73 Å². The van der Waals surface area contributed by atoms with Crippen LogP contribution in [0.5, 0.6) is 0 Å². The third-order valence-electron chi connectivity index (χ3n) is 1.79. The lowest BCUT2D eigenvalue weighted by Gasteiger charge is -2.17. The van der Waals surface area contributed by atoms with Gasteiger partial charge in [0.2, 0.25) is 5.43 Å². The van der Waals surface area contributed by atoms with Crippen molar-refractivity contribution in [2.75, 3.05) is 5.73 Å². The molecule has 0 aromatic heterocycles. The molecule has 2 rings (SSSR count). The molecule has 1 aliphatic carbocycles. The van der Waals surface area contributed by atoms with E-state index in [-0.39, 0.29) is 21.0 Å². The summed E-state index contributed by atoms with van der Waals surface area (Å²) in [5.41, 5.74) is 4.18. The summed E-state index contributed by atoms with van der Waals surface area (Å²) < 4.78 is 0.145. The lowest BCUT2D eigenvalue weighted by atomic mass is 10.2. The van der Waals surface area contributed by atoms with Gasteiger partial charge in [0.15, 0.2) is 5.69 Å². The number of hydrogen-bond acceptors (Lipinski definition) is 5. The van der Waals surface area contributed by atoms with Crippen molar-refractivity contribution in [3.05, 3.63) is 38.8 Å². The highest BCUT2D eigenvalue weighted by Gasteiger charge is 2.16. The Labute approximate surface area is 77.5 Å². The lowest BCUT2D eigenvalue weighted by Crippen LogP contribution is -2.41. The number of para-hydroxylation sites is 1. The van der Waals surface area contributed by atoms with Crippen LogP contribution in [0.2, 0.25) is 0 Å². The van der Waals surface area contributed by atoms with Gasteiger partial charge in [0.05, 0.1) is 0 Å². The molecular weight excluding hydrogens is 188 g/mol. The highest BCUT2D eigenvalue weighted by molar-refractivity contribution is 5.52. The number of nitrogens with zero attached hydrogens (tertiary/aromatic N) is 3. The predicted octanol–water partition coefficient (Wildman–Crippen LogP) is -1.09. The number of nitrogens with two attached hydrogens (primary N) is 1. The first-order chi connectivity index (χ1) is 6.61. The van der Waals surface area contributed by atoms with Crippen LogP contribution >= 0.6 is 0 Å². The van der Waals surface area contributed by atoms with Gasteiger partial charge in [-0.1, -0.05) is 6.07 Å². The zero-order valence-corrected chi connectivity index (χ0v) is 6.88. The number of benzene rings is 1. The van der Waals surface area contributed by atoms with Crippen LogP contribution in [0, 0.1) is 10.4 Å². The van der Waals surface area contributed by atoms with Crippen LogP contribution in [0.1, 0.15) is 0 Å². The molecule has 0 atom stereocenters. The molecule has 0 saturated carbocycles. The van der Waals surface area contributed by atoms with E-state index < -0.39 is 11.4 Å². The number of fused-ring (bicyclic) bond motifs is 1. The Bertz CT molecular complexity index is 521. The minimum Gasteiger partial charge on any atom is -0.778 e. The fourth-order valence-corrected chi connectivity index (χ4v) is 1.17. The molecule has 0 radical (unpaired) electrons. The minimum atomic E-state index is -0.559. The number of hydrogen-bond donors (Lipinski definition) is 1. The van der Waals surface area contributed by atoms with E-state index >= 15 is 0 Å². The zero-order chi connectivity index (χ0) is 10.3. The monoisotopic (exact) mass is 193 g/mol. The molecule has 7 nitrogen and oxygen atoms in total. The molecule has 72 valence electrons. The molecule has 7 heteroatoms. The van der Waals surface area contributed by atoms with Gasteiger partial charge < -0.3 is 10.4 Å². The van der Waals surface area contributed by atoms with Crippen LogP contribution < -0.4 is 15.9 Å². The van der Waals surface area contributed by atoms with E-state index in [9.17, 15) is 15.2 Å². The van der Waals surface area contributed by atoms with Gasteiger partial charge in [-0.05, 0) is 12.1 Å². The molecule has 1 aliphatic heterocycles. The molecule has 0 spiro atoms. The van der Waals surface area contributed by atoms with Crippen molar-refractivity contribution in [2.24, 2.45) is 0 Å². The fourth-order valence-electron chi connectivity index (χ4n) is 1.17. The molecule has 14 heavy (non-hydrogen) atoms. The smallest absolute Gasteiger partial charge is 0.410 e. The molecule has 0 amide bonds. The van der Waals surface area contributed by atoms with Gasteiger partial charge in [0.25, 0.3) is 0 Å². The van der Waals surface area contributed by atoms with Crippen molar-refractivity contribution in [1.82, 2.24) is 9.94 Å². The van der Waals surface area contributed by atoms with Crippen molar-refractivity contribution < 1.29 is 4.73 Å². The standard InChI is InChI=1S/C7H5N4O3/c8-7-9-11(14)4-2-1-3-5(12)6(4)10(7)13/h1-3H,(H2,8,9)/q-1. The number of aromatic nitrogens is 3. The van der Waals surface area contributed by atoms with E-state index in [1.54, 1.807) is 0 Å². The van der Waals surface area contributed by atoms with Crippen LogP contribution in [0.25, 0.3) is 11.4 Å². The van der Waals surface area contributed by atoms with Crippen molar-refractivity contribution in [2.45, 2.75) is 0 Å². The summed E-state index contributed by atoms with van der Waals surface area (Å²) in [5, 5.41) is 25.6. The summed E-state index contributed by atoms with van der Waals surface area (Å²) >= 11 is 0. The summed E-state index contributed by atoms with van der Waals surface area (Å²) in [4.78, 5) is 11.4. The Morgan fingerprint density at radius 3 is 2.93 bits per heavy atom. The first-order valence-corrected chi connectivity index (χ1v) is 3.70. The maximum atomic E-state index is 11.3. The second kappa shape index (κ2) is 2.59. The second-order valence-electron chi connectivity index (χ2n) is 2.65. The van der Waals surface area contributed by atoms with Gasteiger partial charge in [-0.3, -0.25) is 10.5 Å². The predicted molar refractivity (Wildman–Crippen MR) is 47.3 cm³/mol. The third kappa shape index (κ3) is 0.954. The average Bonchev–Trinajstić information content (AvgIpc) is 2.14. The Hall–Kier alpha value is -2.31. The van der Waals surface area contributed by atoms with Crippen LogP contribution in [-0.2, 0) is 0 Å². The number of anilines is 1. The largest absolute Gasteiger partial charge is 0.778 e. The molecule has 0 aromatic rings. The molecule has 0 aromatic carbocycles. The van der Waals surface area contributed by atoms with Gasteiger partial charge in [-0.2, -0.15) is 0 Å². The first-order valence-electron chi connectivity index (χ1n) is 3.70. The molecule has 0 saturated heterocycles. The maximum absolute atomic E-state index is 11.3. The van der Waals surface area contributed by atoms with E-state index in [1.807, 2.05) is 0 Å². The Morgan fingerprint density at radius 2 is 2.21 bits per heavy atom. The lowest BCUT2D eigenvalue weighted by molar-refractivity contribution is -0.582. The summed E-state index contributed by atoms with van der Waals surface area (Å²) in [6.07, 6.45) is 0. The quantitative estimate of drug-likeness (QED) is 0.422. The summed E-state index contributed by atoms with van der Waals surface area (Å²) in [6.45, 7) is 0. The molecule has 0 fully saturated rings. The zero-order valence-electron chi connectivity index (χ0n) is 6.88. The van der Waals surface area contributed by atoms with Gasteiger partial charge in [0.1, 0.15) is 5.69 Å². The molecule has 0 unspecified atom stereocenters. The van der Waals surface area contributed by atoms with Crippen LogP contribution in [0.3, 0.4) is 0 Å². The third-order valence-corrected chi connectivity index (χ3v) is 1.79. The number of nitrogen functional groups attached to an aromatic ring is 1. The average molecular weight is 193 g/mol. The van der Waals surface area contributed by atoms with Crippen LogP contribution in [-0.4, -0.2) is 9.94 Å². The fraction of sp³-hybridized carbons (Fsp3) is 0. The van der Waals surface area contributed by atoms with Crippen molar-refractivity contribution in [3.63, 3.8) is 0 Å². The van der Waals surface area contributed by atoms with Gasteiger partial charge in [-0.15, -0.1) is 0 Å². The molecule has 2 aliphatic rings. The molecule has 2 N–H and O–H groups in total. The SMILES string of the molecule is Nc1nn([O-])c2cccc(=O)c-2[n+]1[O-]. The minimum absolute atomic E-state index is 0.0956. The summed E-state index contributed by atoms with van der Waals surface area (Å²) in [7, 11) is 0. The van der Waals surface area contributed by atoms with Crippen molar-refractivity contribution in [1.29, 1.82) is 0 Å². The summed E-state index contributed by atoms with van der Waals surface area (Å²) in [5.74, 6) is -0.546. The number of rotatable bonds is 0. The topological polar surface area (TPSA) is 111 Å². The van der Waals surface area contributed by atoms with E-state index in [2.05, 4.69) is 5.10 Å². The second-order valence-corrected chi connectivity index (χ2v) is 2.65. The Kier molecular flexibility index (Phi) is 1.53. The molecule has 0 bridgehead atoms. The van der Waals surface area contributed by atoms with E-state index in [1.165, 1.54) is 18.2 Å². The maximum Gasteiger partial charge on any atom is 0.410 e. The van der Waals surface area contributed by atoms with Gasteiger partial charge in [0, 0.05) is 5.10 Å². The summed E-state index contributed by atoms with van der Waals surface area (Å²) in [6, 6.07) is 3.87. The molecule has 1 heterocycles. The van der Waals surface area contributed by atoms with Crippen LogP contribution in [0.4, 0.5) is 5.95 Å². The first kappa shape index (κ1) is 8.30. The Balaban J connectivity index is 3.00. The van der Waals surface area contributed by atoms with Gasteiger partial charge in [-0.25, -0.2) is 9.58 Å². The highest BCUT2D eigenvalue weighted by Crippen LogP contribution is 2.11. The van der Waals surface area contributed by atoms with Gasteiger partial charge >= 0.3 is 5.95 Å². The van der Waals surface area contributed by atoms with Crippen molar-refractivity contribution >= 4 is 5.95 Å². The highest BCUT2D eigenvalue weighted by atomic mass is 16.5. The Morgan fingerprint density at radius 1 is 1.50 bits per heavy atom. The molecular formula is C7H5N4O3-.